The van der Waals surface area contributed by atoms with Crippen molar-refractivity contribution in [2.45, 2.75) is 13.5 Å². The third-order valence-electron chi connectivity index (χ3n) is 5.82. The van der Waals surface area contributed by atoms with E-state index in [4.69, 9.17) is 0 Å². The Morgan fingerprint density at radius 2 is 1.65 bits per heavy atom. The van der Waals surface area contributed by atoms with E-state index in [1.165, 1.54) is 12.2 Å². The molecule has 5 rings (SSSR count). The summed E-state index contributed by atoms with van der Waals surface area (Å²) < 4.78 is 0. The lowest BCUT2D eigenvalue weighted by molar-refractivity contribution is -0.137. The third-order valence-corrected chi connectivity index (χ3v) is 5.82. The molecule has 0 atom stereocenters. The first-order chi connectivity index (χ1) is 18.0. The van der Waals surface area contributed by atoms with E-state index in [0.717, 1.165) is 27.4 Å². The van der Waals surface area contributed by atoms with Gasteiger partial charge in [-0.1, -0.05) is 18.2 Å². The molecule has 2 aromatic heterocycles. The highest BCUT2D eigenvalue weighted by Gasteiger charge is 2.23. The third kappa shape index (κ3) is 5.10. The number of aromatic nitrogens is 3. The van der Waals surface area contributed by atoms with Gasteiger partial charge in [-0.05, 0) is 60.5 Å². The average Bonchev–Trinajstić information content (AvgIpc) is 3.24. The summed E-state index contributed by atoms with van der Waals surface area (Å²) in [6, 6.07) is 17.9. The van der Waals surface area contributed by atoms with E-state index in [-0.39, 0.29) is 24.3 Å². The van der Waals surface area contributed by atoms with Crippen LogP contribution in [0.15, 0.2) is 97.6 Å². The van der Waals surface area contributed by atoms with Gasteiger partial charge in [-0.15, -0.1) is 0 Å². The first-order valence-corrected chi connectivity index (χ1v) is 11.5. The molecule has 0 bridgehead atoms. The van der Waals surface area contributed by atoms with Crippen molar-refractivity contribution < 1.29 is 14.4 Å². The van der Waals surface area contributed by atoms with Gasteiger partial charge in [-0.3, -0.25) is 29.2 Å². The van der Waals surface area contributed by atoms with Crippen molar-refractivity contribution in [2.24, 2.45) is 0 Å². The summed E-state index contributed by atoms with van der Waals surface area (Å²) in [6.45, 7) is 2.12. The van der Waals surface area contributed by atoms with Gasteiger partial charge in [-0.2, -0.15) is 0 Å². The van der Waals surface area contributed by atoms with Gasteiger partial charge in [0.15, 0.2) is 0 Å². The van der Waals surface area contributed by atoms with Gasteiger partial charge < -0.3 is 5.32 Å². The predicted octanol–water partition coefficient (Wildman–Crippen LogP) is 4.33. The molecule has 9 nitrogen and oxygen atoms in total. The van der Waals surface area contributed by atoms with Crippen molar-refractivity contribution in [1.82, 2.24) is 19.9 Å². The van der Waals surface area contributed by atoms with Crippen molar-refractivity contribution in [3.8, 4) is 0 Å². The number of rotatable bonds is 7. The van der Waals surface area contributed by atoms with E-state index in [1.807, 2.05) is 42.2 Å². The Morgan fingerprint density at radius 3 is 2.32 bits per heavy atom. The quantitative estimate of drug-likeness (QED) is 0.384. The summed E-state index contributed by atoms with van der Waals surface area (Å²) in [6.07, 6.45) is 9.26. The van der Waals surface area contributed by atoms with Crippen LogP contribution in [0.4, 0.5) is 23.0 Å². The lowest BCUT2D eigenvalue weighted by Crippen LogP contribution is -2.29. The number of anilines is 4. The minimum atomic E-state index is -0.344. The number of amides is 3. The number of hydrogen-bond acceptors (Lipinski definition) is 7. The summed E-state index contributed by atoms with van der Waals surface area (Å²) in [7, 11) is 0. The monoisotopic (exact) mass is 490 g/mol. The number of benzene rings is 2. The molecule has 0 spiro atoms. The van der Waals surface area contributed by atoms with Crippen LogP contribution in [0.2, 0.25) is 0 Å². The number of carbonyl (C=O) groups is 3. The van der Waals surface area contributed by atoms with Crippen molar-refractivity contribution in [3.63, 3.8) is 0 Å². The highest BCUT2D eigenvalue weighted by atomic mass is 16.2. The molecule has 4 aromatic rings. The fraction of sp³-hybridized carbons (Fsp3) is 0.0714. The zero-order valence-corrected chi connectivity index (χ0v) is 19.9. The van der Waals surface area contributed by atoms with Gasteiger partial charge in [0.1, 0.15) is 0 Å². The highest BCUT2D eigenvalue weighted by Crippen LogP contribution is 2.35. The molecule has 0 fully saturated rings. The van der Waals surface area contributed by atoms with Crippen LogP contribution < -0.4 is 10.2 Å². The molecule has 1 aliphatic heterocycles. The number of aryl methyl sites for hydroxylation is 1. The molecule has 1 aliphatic rings. The first-order valence-electron chi connectivity index (χ1n) is 11.5. The second-order valence-electron chi connectivity index (χ2n) is 8.34. The molecule has 1 N–H and O–H groups in total. The maximum absolute atomic E-state index is 13.0. The van der Waals surface area contributed by atoms with Crippen molar-refractivity contribution in [3.05, 3.63) is 114 Å². The van der Waals surface area contributed by atoms with Gasteiger partial charge in [0.2, 0.25) is 5.95 Å². The van der Waals surface area contributed by atoms with E-state index in [0.29, 0.717) is 17.2 Å². The van der Waals surface area contributed by atoms with E-state index >= 15 is 0 Å². The maximum atomic E-state index is 13.0. The van der Waals surface area contributed by atoms with Gasteiger partial charge >= 0.3 is 0 Å². The largest absolute Gasteiger partial charge is 0.322 e. The summed E-state index contributed by atoms with van der Waals surface area (Å²) in [5, 5.41) is 2.94. The van der Waals surface area contributed by atoms with E-state index < -0.39 is 0 Å². The first kappa shape index (κ1) is 23.6. The van der Waals surface area contributed by atoms with Crippen molar-refractivity contribution >= 4 is 40.7 Å². The topological polar surface area (TPSA) is 108 Å². The van der Waals surface area contributed by atoms with Crippen LogP contribution >= 0.6 is 0 Å². The van der Waals surface area contributed by atoms with E-state index in [1.54, 1.807) is 55.1 Å². The lowest BCUT2D eigenvalue weighted by Gasteiger charge is -2.24. The summed E-state index contributed by atoms with van der Waals surface area (Å²) in [5.74, 6) is -0.505. The summed E-state index contributed by atoms with van der Waals surface area (Å²) in [5.41, 5.74) is 4.31. The fourth-order valence-electron chi connectivity index (χ4n) is 3.92. The summed E-state index contributed by atoms with van der Waals surface area (Å²) >= 11 is 0. The number of hydrogen-bond donors (Lipinski definition) is 1. The molecule has 0 saturated carbocycles. The van der Waals surface area contributed by atoms with Crippen LogP contribution in [0.1, 0.15) is 21.5 Å². The van der Waals surface area contributed by atoms with Gasteiger partial charge in [-0.25, -0.2) is 9.97 Å². The highest BCUT2D eigenvalue weighted by molar-refractivity contribution is 6.12. The Morgan fingerprint density at radius 1 is 0.919 bits per heavy atom. The van der Waals surface area contributed by atoms with Crippen LogP contribution in [-0.4, -0.2) is 37.6 Å². The van der Waals surface area contributed by atoms with Crippen LogP contribution in [0.5, 0.6) is 0 Å². The predicted molar refractivity (Wildman–Crippen MR) is 138 cm³/mol. The molecule has 3 heterocycles. The Labute approximate surface area is 213 Å². The molecule has 37 heavy (non-hydrogen) atoms. The second kappa shape index (κ2) is 10.2. The molecular formula is C28H22N6O3. The molecular weight excluding hydrogens is 468 g/mol. The minimum absolute atomic E-state index is 0.152. The number of pyridine rings is 1. The average molecular weight is 491 g/mol. The molecule has 3 amide bonds. The fourth-order valence-corrected chi connectivity index (χ4v) is 3.92. The lowest BCUT2D eigenvalue weighted by atomic mass is 10.1. The number of imide groups is 1. The van der Waals surface area contributed by atoms with Crippen LogP contribution in [-0.2, 0) is 16.1 Å². The molecule has 182 valence electrons. The Kier molecular flexibility index (Phi) is 6.50. The van der Waals surface area contributed by atoms with Gasteiger partial charge in [0.25, 0.3) is 17.7 Å². The van der Waals surface area contributed by atoms with Gasteiger partial charge in [0, 0.05) is 42.0 Å². The Balaban J connectivity index is 1.37. The second-order valence-corrected chi connectivity index (χ2v) is 8.34. The van der Waals surface area contributed by atoms with Gasteiger partial charge in [0.05, 0.1) is 24.1 Å². The molecule has 0 radical (unpaired) electrons. The number of carbonyl (C=O) groups excluding carboxylic acids is 3. The number of nitrogens with zero attached hydrogens (tertiary/aromatic N) is 5. The number of nitrogens with one attached hydrogen (secondary N) is 1. The van der Waals surface area contributed by atoms with Crippen LogP contribution in [0, 0.1) is 6.92 Å². The van der Waals surface area contributed by atoms with Crippen molar-refractivity contribution in [2.75, 3.05) is 10.2 Å². The Hall–Kier alpha value is -5.18. The maximum Gasteiger partial charge on any atom is 0.255 e. The molecule has 9 heteroatoms. The normalized spacial score (nSPS) is 12.6. The summed E-state index contributed by atoms with van der Waals surface area (Å²) in [4.78, 5) is 52.7. The Bertz CT molecular complexity index is 1430. The molecule has 0 aliphatic carbocycles. The van der Waals surface area contributed by atoms with E-state index in [9.17, 15) is 14.4 Å². The zero-order chi connectivity index (χ0) is 25.8. The molecule has 2 aromatic carbocycles. The van der Waals surface area contributed by atoms with Crippen LogP contribution in [0.3, 0.4) is 0 Å². The SMILES string of the molecule is Cc1ccc(NC(=O)c2ccc(CN3C(=O)C=CC3=O)cc2)cc1N(c1cccnc1)c1ncccn1. The van der Waals surface area contributed by atoms with E-state index in [2.05, 4.69) is 20.3 Å². The van der Waals surface area contributed by atoms with Crippen molar-refractivity contribution in [1.29, 1.82) is 0 Å². The minimum Gasteiger partial charge on any atom is -0.322 e. The molecule has 0 saturated heterocycles. The smallest absolute Gasteiger partial charge is 0.255 e. The molecule has 0 unspecified atom stereocenters. The standard InChI is InChI=1S/C28H22N6O3/c1-19-5-10-22(16-24(19)34(23-4-2-13-29-17-23)28-30-14-3-15-31-28)32-27(37)21-8-6-20(7-9-21)18-33-25(35)11-12-26(33)36/h2-17H,18H2,1H3,(H,32,37). The zero-order valence-electron chi connectivity index (χ0n) is 19.9. The van der Waals surface area contributed by atoms with Crippen LogP contribution in [0.25, 0.3) is 0 Å².